The molecule has 31 heavy (non-hydrogen) atoms. The highest BCUT2D eigenvalue weighted by molar-refractivity contribution is 5.97. The highest BCUT2D eigenvalue weighted by atomic mass is 16.5. The molecule has 1 aliphatic rings. The van der Waals surface area contributed by atoms with E-state index in [1.807, 2.05) is 32.2 Å². The maximum atomic E-state index is 13.3. The van der Waals surface area contributed by atoms with E-state index in [4.69, 9.17) is 19.4 Å². The van der Waals surface area contributed by atoms with Crippen LogP contribution in [0.15, 0.2) is 30.9 Å². The summed E-state index contributed by atoms with van der Waals surface area (Å²) in [5.41, 5.74) is 1.48. The van der Waals surface area contributed by atoms with Gasteiger partial charge < -0.3 is 24.4 Å². The Morgan fingerprint density at radius 2 is 2.00 bits per heavy atom. The van der Waals surface area contributed by atoms with Crippen molar-refractivity contribution in [2.45, 2.75) is 12.1 Å². The van der Waals surface area contributed by atoms with Crippen molar-refractivity contribution in [2.24, 2.45) is 7.05 Å². The molecule has 1 amide bonds. The molecule has 2 atom stereocenters. The molecule has 2 aromatic rings. The molecule has 11 heteroatoms. The van der Waals surface area contributed by atoms with Crippen molar-refractivity contribution in [3.05, 3.63) is 47.5 Å². The molecule has 168 valence electrons. The molecule has 1 fully saturated rings. The second-order valence-corrected chi connectivity index (χ2v) is 7.12. The van der Waals surface area contributed by atoms with Crippen LogP contribution in [0.4, 0.5) is 0 Å². The second kappa shape index (κ2) is 11.2. The number of carbonyl (C=O) groups is 3. The van der Waals surface area contributed by atoms with E-state index in [1.54, 1.807) is 15.8 Å². The smallest absolute Gasteiger partial charge is 0.339 e. The van der Waals surface area contributed by atoms with Crippen LogP contribution in [-0.4, -0.2) is 95.0 Å². The molecule has 3 heterocycles. The Labute approximate surface area is 180 Å². The number of likely N-dealkylation sites (N-methyl/N-ethyl adjacent to an activating group) is 1. The van der Waals surface area contributed by atoms with Crippen LogP contribution in [0, 0.1) is 0 Å². The second-order valence-electron chi connectivity index (χ2n) is 7.12. The first-order chi connectivity index (χ1) is 14.8. The summed E-state index contributed by atoms with van der Waals surface area (Å²) >= 11 is 0. The lowest BCUT2D eigenvalue weighted by molar-refractivity contribution is -0.122. The average Bonchev–Trinajstić information content (AvgIpc) is 3.18. The number of aromatic nitrogens is 3. The van der Waals surface area contributed by atoms with Gasteiger partial charge in [-0.3, -0.25) is 19.3 Å². The summed E-state index contributed by atoms with van der Waals surface area (Å²) in [5.74, 6) is -0.738. The van der Waals surface area contributed by atoms with Crippen LogP contribution in [0.1, 0.15) is 32.3 Å². The first kappa shape index (κ1) is 24.0. The molecule has 1 aliphatic heterocycles. The van der Waals surface area contributed by atoms with E-state index >= 15 is 0 Å². The van der Waals surface area contributed by atoms with Gasteiger partial charge in [-0.05, 0) is 20.2 Å². The zero-order valence-corrected chi connectivity index (χ0v) is 18.0. The first-order valence-corrected chi connectivity index (χ1v) is 9.49. The number of esters is 1. The van der Waals surface area contributed by atoms with E-state index in [9.17, 15) is 9.59 Å². The van der Waals surface area contributed by atoms with E-state index in [0.717, 1.165) is 5.56 Å². The predicted octanol–water partition coefficient (Wildman–Crippen LogP) is 0.446. The number of morpholine rings is 1. The fourth-order valence-electron chi connectivity index (χ4n) is 3.41. The van der Waals surface area contributed by atoms with Crippen LogP contribution in [-0.2, 0) is 21.3 Å². The van der Waals surface area contributed by atoms with Crippen LogP contribution in [0.5, 0.6) is 0 Å². The van der Waals surface area contributed by atoms with Gasteiger partial charge in [0.25, 0.3) is 12.4 Å². The Morgan fingerprint density at radius 1 is 1.32 bits per heavy atom. The van der Waals surface area contributed by atoms with Crippen LogP contribution < -0.4 is 0 Å². The third kappa shape index (κ3) is 6.09. The largest absolute Gasteiger partial charge is 0.483 e. The number of ether oxygens (including phenoxy) is 2. The van der Waals surface area contributed by atoms with Gasteiger partial charge in [-0.1, -0.05) is 0 Å². The molecule has 0 bridgehead atoms. The number of pyridine rings is 1. The van der Waals surface area contributed by atoms with Gasteiger partial charge in [0.15, 0.2) is 0 Å². The van der Waals surface area contributed by atoms with Crippen molar-refractivity contribution in [3.8, 4) is 0 Å². The molecule has 2 aromatic heterocycles. The maximum Gasteiger partial charge on any atom is 0.339 e. The molecule has 0 radical (unpaired) electrons. The zero-order chi connectivity index (χ0) is 23.0. The summed E-state index contributed by atoms with van der Waals surface area (Å²) in [4.78, 5) is 41.3. The molecular weight excluding hydrogens is 406 g/mol. The number of carboxylic acid groups (broad SMARTS) is 1. The van der Waals surface area contributed by atoms with E-state index < -0.39 is 5.97 Å². The summed E-state index contributed by atoms with van der Waals surface area (Å²) in [7, 11) is 7.06. The fraction of sp³-hybridized carbons (Fsp3) is 0.450. The van der Waals surface area contributed by atoms with Crippen molar-refractivity contribution < 1.29 is 29.0 Å². The number of hydrogen-bond donors (Lipinski definition) is 1. The normalized spacial score (nSPS) is 18.2. The number of rotatable bonds is 5. The molecule has 0 aromatic carbocycles. The van der Waals surface area contributed by atoms with Crippen LogP contribution >= 0.6 is 0 Å². The monoisotopic (exact) mass is 433 g/mol. The number of hydrogen-bond acceptors (Lipinski definition) is 8. The summed E-state index contributed by atoms with van der Waals surface area (Å²) in [6.07, 6.45) is 6.30. The summed E-state index contributed by atoms with van der Waals surface area (Å²) in [5, 5.41) is 11.1. The van der Waals surface area contributed by atoms with Gasteiger partial charge in [0.1, 0.15) is 0 Å². The molecular formula is C20H27N5O6. The van der Waals surface area contributed by atoms with Gasteiger partial charge in [-0.15, -0.1) is 0 Å². The highest BCUT2D eigenvalue weighted by Crippen LogP contribution is 2.31. The predicted molar refractivity (Wildman–Crippen MR) is 110 cm³/mol. The molecule has 1 saturated heterocycles. The Kier molecular flexibility index (Phi) is 8.64. The number of aryl methyl sites for hydroxylation is 1. The van der Waals surface area contributed by atoms with Crippen molar-refractivity contribution in [1.29, 1.82) is 0 Å². The topological polar surface area (TPSA) is 127 Å². The van der Waals surface area contributed by atoms with Crippen molar-refractivity contribution >= 4 is 18.3 Å². The van der Waals surface area contributed by atoms with E-state index in [0.29, 0.717) is 25.3 Å². The molecule has 0 saturated carbocycles. The first-order valence-electron chi connectivity index (χ1n) is 9.49. The highest BCUT2D eigenvalue weighted by Gasteiger charge is 2.38. The van der Waals surface area contributed by atoms with Gasteiger partial charge in [-0.2, -0.15) is 5.10 Å². The van der Waals surface area contributed by atoms with Gasteiger partial charge >= 0.3 is 5.97 Å². The Hall–Kier alpha value is -3.31. The standard InChI is InChI=1S/C19H25N5O4.CH2O2/c1-22(2)12-16-17(15-10-21-23(3)11-15)24(5-6-28-16)18(25)13-7-14(9-20-8-13)19(26)27-4;2-1-3/h7-11,16-17H,5-6,12H2,1-4H3;1H,(H,2,3)/t16-,17-;/m0./s1. The summed E-state index contributed by atoms with van der Waals surface area (Å²) in [6.45, 7) is 1.28. The zero-order valence-electron chi connectivity index (χ0n) is 18.0. The summed E-state index contributed by atoms with van der Waals surface area (Å²) < 4.78 is 12.4. The SMILES string of the molecule is COC(=O)c1cncc(C(=O)N2CCO[C@@H](CN(C)C)[C@@H]2c2cnn(C)c2)c1.O=CO. The Balaban J connectivity index is 0.00000107. The van der Waals surface area contributed by atoms with E-state index in [2.05, 4.69) is 10.1 Å². The van der Waals surface area contributed by atoms with Crippen molar-refractivity contribution in [1.82, 2.24) is 24.6 Å². The number of nitrogens with zero attached hydrogens (tertiary/aromatic N) is 5. The van der Waals surface area contributed by atoms with Crippen LogP contribution in [0.25, 0.3) is 0 Å². The minimum atomic E-state index is -0.529. The molecule has 0 spiro atoms. The van der Waals surface area contributed by atoms with Crippen molar-refractivity contribution in [3.63, 3.8) is 0 Å². The summed E-state index contributed by atoms with van der Waals surface area (Å²) in [6, 6.07) is 1.22. The fourth-order valence-corrected chi connectivity index (χ4v) is 3.41. The van der Waals surface area contributed by atoms with E-state index in [-0.39, 0.29) is 30.1 Å². The van der Waals surface area contributed by atoms with Crippen LogP contribution in [0.2, 0.25) is 0 Å². The Bertz CT molecular complexity index is 900. The van der Waals surface area contributed by atoms with Gasteiger partial charge in [0, 0.05) is 44.3 Å². The van der Waals surface area contributed by atoms with Gasteiger partial charge in [0.05, 0.1) is 43.2 Å². The van der Waals surface area contributed by atoms with Crippen molar-refractivity contribution in [2.75, 3.05) is 40.9 Å². The number of methoxy groups -OCH3 is 1. The minimum absolute atomic E-state index is 0.200. The molecule has 3 rings (SSSR count). The van der Waals surface area contributed by atoms with E-state index in [1.165, 1.54) is 25.6 Å². The molecule has 1 N–H and O–H groups in total. The lowest BCUT2D eigenvalue weighted by Crippen LogP contribution is -2.51. The lowest BCUT2D eigenvalue weighted by atomic mass is 9.99. The number of carbonyl (C=O) groups excluding carboxylic acids is 2. The van der Waals surface area contributed by atoms with Gasteiger partial charge in [0.2, 0.25) is 0 Å². The lowest BCUT2D eigenvalue weighted by Gasteiger charge is -2.41. The minimum Gasteiger partial charge on any atom is -0.483 e. The maximum absolute atomic E-state index is 13.3. The van der Waals surface area contributed by atoms with Gasteiger partial charge in [-0.25, -0.2) is 4.79 Å². The molecule has 11 nitrogen and oxygen atoms in total. The Morgan fingerprint density at radius 3 is 2.58 bits per heavy atom. The third-order valence-corrected chi connectivity index (χ3v) is 4.63. The quantitative estimate of drug-likeness (QED) is 0.528. The third-order valence-electron chi connectivity index (χ3n) is 4.63. The van der Waals surface area contributed by atoms with Crippen LogP contribution in [0.3, 0.4) is 0 Å². The molecule has 0 aliphatic carbocycles. The molecule has 0 unspecified atom stereocenters. The number of amides is 1. The average molecular weight is 433 g/mol.